The van der Waals surface area contributed by atoms with E-state index in [1.165, 1.54) is 54.1 Å². The van der Waals surface area contributed by atoms with Crippen molar-refractivity contribution in [1.82, 2.24) is 0 Å². The van der Waals surface area contributed by atoms with Gasteiger partial charge in [0.1, 0.15) is 0 Å². The number of nitrogens with zero attached hydrogens (tertiary/aromatic N) is 3. The summed E-state index contributed by atoms with van der Waals surface area (Å²) in [5, 5.41) is 5.41. The quantitative estimate of drug-likeness (QED) is 0.0748. The number of benzene rings is 13. The number of hydrogen-bond acceptors (Lipinski definition) is 3. The van der Waals surface area contributed by atoms with E-state index in [-0.39, 0.29) is 0 Å². The average Bonchev–Trinajstić information content (AvgIpc) is 3.09. The second kappa shape index (κ2) is 22.2. The van der Waals surface area contributed by atoms with Crippen molar-refractivity contribution in [2.24, 2.45) is 0 Å². The first kappa shape index (κ1) is 50.7. The maximum Gasteiger partial charge on any atom is 0.179 e. The minimum absolute atomic E-state index is 0.620. The van der Waals surface area contributed by atoms with E-state index in [2.05, 4.69) is 373 Å². The maximum absolute atomic E-state index is 2.79. The third kappa shape index (κ3) is 9.03. The molecular weight excluding hydrogens is 1020 g/mol. The Hall–Kier alpha value is -10.5. The van der Waals surface area contributed by atoms with Gasteiger partial charge in [0.25, 0.3) is 0 Å². The van der Waals surface area contributed by atoms with E-state index in [9.17, 15) is 0 Å². The van der Waals surface area contributed by atoms with Gasteiger partial charge < -0.3 is 14.7 Å². The molecule has 0 bridgehead atoms. The third-order valence-corrected chi connectivity index (χ3v) is 21.5. The topological polar surface area (TPSA) is 9.72 Å². The van der Waals surface area contributed by atoms with E-state index in [0.29, 0.717) is 0 Å². The highest BCUT2D eigenvalue weighted by Crippen LogP contribution is 2.56. The van der Waals surface area contributed by atoms with Crippen LogP contribution in [0.15, 0.2) is 358 Å². The Labute approximate surface area is 488 Å². The van der Waals surface area contributed by atoms with E-state index in [1.807, 2.05) is 0 Å². The Morgan fingerprint density at radius 1 is 0.181 bits per heavy atom. The number of fused-ring (bicyclic) bond motifs is 3. The summed E-state index contributed by atoms with van der Waals surface area (Å²) in [7, 11) is -2.79. The lowest BCUT2D eigenvalue weighted by Gasteiger charge is -2.37. The molecule has 0 unspecified atom stereocenters. The zero-order chi connectivity index (χ0) is 55.4. The van der Waals surface area contributed by atoms with Gasteiger partial charge in [0, 0.05) is 51.2 Å². The highest BCUT2D eigenvalue weighted by molar-refractivity contribution is 7.19. The van der Waals surface area contributed by atoms with Gasteiger partial charge in [-0.15, -0.1) is 0 Å². The van der Waals surface area contributed by atoms with Crippen LogP contribution in [0.2, 0.25) is 0 Å². The molecule has 0 fully saturated rings. The molecule has 3 nitrogen and oxygen atoms in total. The summed E-state index contributed by atoms with van der Waals surface area (Å²) in [6, 6.07) is 131. The molecular formula is C79H59N3Si. The number of hydrogen-bond donors (Lipinski definition) is 0. The lowest BCUT2D eigenvalue weighted by atomic mass is 9.67. The van der Waals surface area contributed by atoms with Gasteiger partial charge in [-0.1, -0.05) is 249 Å². The van der Waals surface area contributed by atoms with Crippen molar-refractivity contribution in [3.8, 4) is 11.1 Å². The highest BCUT2D eigenvalue weighted by atomic mass is 28.3. The van der Waals surface area contributed by atoms with Gasteiger partial charge in [-0.05, 0) is 163 Å². The molecule has 0 aromatic heterocycles. The molecule has 0 N–H and O–H groups in total. The Bertz CT molecular complexity index is 3910. The fourth-order valence-electron chi connectivity index (χ4n) is 13.1. The first-order valence-corrected chi connectivity index (χ1v) is 30.6. The van der Waals surface area contributed by atoms with Gasteiger partial charge in [0.2, 0.25) is 0 Å². The molecule has 0 heterocycles. The average molecular weight is 1080 g/mol. The van der Waals surface area contributed by atoms with Crippen LogP contribution in [0.4, 0.5) is 51.2 Å². The molecule has 0 spiro atoms. The molecule has 0 amide bonds. The van der Waals surface area contributed by atoms with Crippen LogP contribution < -0.4 is 35.4 Å². The van der Waals surface area contributed by atoms with Crippen molar-refractivity contribution in [1.29, 1.82) is 0 Å². The molecule has 13 aromatic carbocycles. The molecule has 0 radical (unpaired) electrons. The Balaban J connectivity index is 0.922. The van der Waals surface area contributed by atoms with E-state index in [4.69, 9.17) is 0 Å². The number of rotatable bonds is 15. The van der Waals surface area contributed by atoms with E-state index in [1.54, 1.807) is 0 Å². The fraction of sp³-hybridized carbons (Fsp3) is 0.0127. The maximum atomic E-state index is 2.46. The Morgan fingerprint density at radius 3 is 0.675 bits per heavy atom. The second-order valence-electron chi connectivity index (χ2n) is 21.2. The predicted octanol–water partition coefficient (Wildman–Crippen LogP) is 17.8. The molecule has 0 aliphatic heterocycles. The van der Waals surface area contributed by atoms with Crippen molar-refractivity contribution in [3.63, 3.8) is 0 Å². The van der Waals surface area contributed by atoms with Crippen LogP contribution in [0.3, 0.4) is 0 Å². The molecule has 13 aromatic rings. The molecule has 0 saturated heterocycles. The van der Waals surface area contributed by atoms with Crippen molar-refractivity contribution < 1.29 is 0 Å². The largest absolute Gasteiger partial charge is 0.311 e. The van der Waals surface area contributed by atoms with Crippen molar-refractivity contribution >= 4 is 80.0 Å². The zero-order valence-corrected chi connectivity index (χ0v) is 46.9. The smallest absolute Gasteiger partial charge is 0.179 e. The number of para-hydroxylation sites is 4. The molecule has 14 rings (SSSR count). The van der Waals surface area contributed by atoms with Gasteiger partial charge in [-0.25, -0.2) is 0 Å². The summed E-state index contributed by atoms with van der Waals surface area (Å²) >= 11 is 0. The Morgan fingerprint density at radius 2 is 0.386 bits per heavy atom. The lowest BCUT2D eigenvalue weighted by molar-refractivity contribution is 0.769. The van der Waals surface area contributed by atoms with E-state index >= 15 is 0 Å². The molecule has 0 atom stereocenters. The van der Waals surface area contributed by atoms with Crippen LogP contribution in [0.1, 0.15) is 22.3 Å². The fourth-order valence-corrected chi connectivity index (χ4v) is 17.8. The van der Waals surface area contributed by atoms with Crippen molar-refractivity contribution in [2.45, 2.75) is 5.41 Å². The van der Waals surface area contributed by atoms with Crippen molar-refractivity contribution in [2.75, 3.05) is 14.7 Å². The van der Waals surface area contributed by atoms with Gasteiger partial charge in [-0.3, -0.25) is 0 Å². The van der Waals surface area contributed by atoms with Crippen LogP contribution in [-0.4, -0.2) is 8.07 Å². The first-order chi connectivity index (χ1) is 41.2. The van der Waals surface area contributed by atoms with Gasteiger partial charge in [-0.2, -0.15) is 0 Å². The molecule has 4 heteroatoms. The standard InChI is InChI=1S/C79H59N3Si/c1-8-26-62(27-9-1)80(63-28-10-2-11-29-63)67-50-54-69(55-51-67)82(70-56-52-68(53-57-70)81(64-30-12-3-13-31-64)65-32-14-4-15-33-65)66-48-44-60(45-49-66)79(77-42-24-22-40-75(77)76-41-23-25-43-78(76)79)61-46-58-74(59-47-61)83(71-34-16-5-17-35-71,72-36-18-6-19-37-72)73-38-20-7-21-39-73/h1-59H. The minimum atomic E-state index is -2.79. The van der Waals surface area contributed by atoms with Crippen LogP contribution in [0, 0.1) is 0 Å². The van der Waals surface area contributed by atoms with Gasteiger partial charge in [0.15, 0.2) is 8.07 Å². The summed E-state index contributed by atoms with van der Waals surface area (Å²) in [6.07, 6.45) is 0. The summed E-state index contributed by atoms with van der Waals surface area (Å²) in [5.41, 5.74) is 16.6. The molecule has 83 heavy (non-hydrogen) atoms. The van der Waals surface area contributed by atoms with Crippen LogP contribution in [-0.2, 0) is 5.41 Å². The summed E-state index contributed by atoms with van der Waals surface area (Å²) in [5.74, 6) is 0. The molecule has 394 valence electrons. The molecule has 1 aliphatic carbocycles. The normalized spacial score (nSPS) is 12.2. The first-order valence-electron chi connectivity index (χ1n) is 28.6. The van der Waals surface area contributed by atoms with Gasteiger partial charge in [0.05, 0.1) is 5.41 Å². The minimum Gasteiger partial charge on any atom is -0.311 e. The zero-order valence-electron chi connectivity index (χ0n) is 45.9. The lowest BCUT2D eigenvalue weighted by Crippen LogP contribution is -2.74. The van der Waals surface area contributed by atoms with E-state index in [0.717, 1.165) is 51.2 Å². The van der Waals surface area contributed by atoms with E-state index < -0.39 is 13.5 Å². The third-order valence-electron chi connectivity index (χ3n) is 16.7. The summed E-state index contributed by atoms with van der Waals surface area (Å²) in [6.45, 7) is 0. The van der Waals surface area contributed by atoms with Crippen LogP contribution in [0.25, 0.3) is 11.1 Å². The number of anilines is 9. The van der Waals surface area contributed by atoms with Crippen LogP contribution >= 0.6 is 0 Å². The van der Waals surface area contributed by atoms with Crippen LogP contribution in [0.5, 0.6) is 0 Å². The Kier molecular flexibility index (Phi) is 13.6. The van der Waals surface area contributed by atoms with Crippen molar-refractivity contribution in [3.05, 3.63) is 380 Å². The highest BCUT2D eigenvalue weighted by Gasteiger charge is 2.47. The van der Waals surface area contributed by atoms with Gasteiger partial charge >= 0.3 is 0 Å². The summed E-state index contributed by atoms with van der Waals surface area (Å²) < 4.78 is 0. The summed E-state index contributed by atoms with van der Waals surface area (Å²) in [4.78, 5) is 7.02. The second-order valence-corrected chi connectivity index (χ2v) is 25.0. The molecule has 0 saturated carbocycles. The molecule has 1 aliphatic rings. The predicted molar refractivity (Wildman–Crippen MR) is 351 cm³/mol. The monoisotopic (exact) mass is 1080 g/mol. The SMILES string of the molecule is c1ccc(N(c2ccccc2)c2ccc(N(c3ccc(N(c4ccccc4)c4ccccc4)cc3)c3ccc(C4(c5ccc([Si](c6ccccc6)(c6ccccc6)c6ccccc6)cc5)c5ccccc5-c5ccccc54)cc3)cc2)cc1.